The molecule has 0 aromatic heterocycles. The average Bonchev–Trinajstić information content (AvgIpc) is 2.48. The predicted octanol–water partition coefficient (Wildman–Crippen LogP) is 4.09. The van der Waals surface area contributed by atoms with E-state index in [1.165, 1.54) is 12.1 Å². The van der Waals surface area contributed by atoms with Crippen LogP contribution in [0.1, 0.15) is 43.9 Å². The van der Waals surface area contributed by atoms with Crippen LogP contribution in [0.4, 0.5) is 13.2 Å². The van der Waals surface area contributed by atoms with E-state index in [1.807, 2.05) is 6.07 Å². The second kappa shape index (κ2) is 7.47. The van der Waals surface area contributed by atoms with E-state index in [2.05, 4.69) is 24.1 Å². The Hall–Kier alpha value is -1.07. The van der Waals surface area contributed by atoms with Gasteiger partial charge in [-0.05, 0) is 36.5 Å². The third-order valence-electron chi connectivity index (χ3n) is 4.21. The van der Waals surface area contributed by atoms with Gasteiger partial charge < -0.3 is 5.32 Å². The quantitative estimate of drug-likeness (QED) is 0.880. The summed E-state index contributed by atoms with van der Waals surface area (Å²) in [5.74, 6) is 0.552. The van der Waals surface area contributed by atoms with E-state index in [0.717, 1.165) is 50.7 Å². The van der Waals surface area contributed by atoms with Crippen molar-refractivity contribution in [3.63, 3.8) is 0 Å². The van der Waals surface area contributed by atoms with Crippen molar-refractivity contribution >= 4 is 0 Å². The lowest BCUT2D eigenvalue weighted by Crippen LogP contribution is -2.45. The summed E-state index contributed by atoms with van der Waals surface area (Å²) in [5.41, 5.74) is 0.243. The molecule has 2 rings (SSSR count). The van der Waals surface area contributed by atoms with Crippen LogP contribution >= 0.6 is 0 Å². The normalized spacial score (nSPS) is 18.6. The van der Waals surface area contributed by atoms with Gasteiger partial charge in [-0.3, -0.25) is 4.90 Å². The molecule has 1 heterocycles. The standard InChI is InChI=1S/C17H25F3N2/c1-13(2)6-7-16(22-10-8-21-9-11-22)14-4-3-5-15(12-14)17(18,19)20/h3-5,12-13,16,21H,6-11H2,1-2H3/t16-/m1/s1. The lowest BCUT2D eigenvalue weighted by Gasteiger charge is -2.36. The van der Waals surface area contributed by atoms with Gasteiger partial charge in [-0.25, -0.2) is 0 Å². The Bertz CT molecular complexity index is 465. The first-order valence-electron chi connectivity index (χ1n) is 8.00. The molecule has 0 aliphatic carbocycles. The van der Waals surface area contributed by atoms with E-state index in [1.54, 1.807) is 0 Å². The van der Waals surface area contributed by atoms with Crippen molar-refractivity contribution in [3.05, 3.63) is 35.4 Å². The zero-order valence-electron chi connectivity index (χ0n) is 13.3. The minimum atomic E-state index is -4.28. The predicted molar refractivity (Wildman–Crippen MR) is 82.7 cm³/mol. The lowest BCUT2D eigenvalue weighted by molar-refractivity contribution is -0.137. The third kappa shape index (κ3) is 4.71. The summed E-state index contributed by atoms with van der Waals surface area (Å²) in [4.78, 5) is 2.31. The molecule has 0 amide bonds. The van der Waals surface area contributed by atoms with Gasteiger partial charge in [0.2, 0.25) is 0 Å². The SMILES string of the molecule is CC(C)CC[C@H](c1cccc(C(F)(F)F)c1)N1CCNCC1. The molecule has 0 saturated carbocycles. The molecular weight excluding hydrogens is 289 g/mol. The molecule has 1 aromatic rings. The monoisotopic (exact) mass is 314 g/mol. The summed E-state index contributed by atoms with van der Waals surface area (Å²) in [6, 6.07) is 5.92. The van der Waals surface area contributed by atoms with Crippen LogP contribution in [0.25, 0.3) is 0 Å². The van der Waals surface area contributed by atoms with E-state index in [0.29, 0.717) is 5.92 Å². The van der Waals surface area contributed by atoms with Crippen molar-refractivity contribution in [2.24, 2.45) is 5.92 Å². The molecule has 1 aliphatic heterocycles. The van der Waals surface area contributed by atoms with Crippen molar-refractivity contribution in [2.75, 3.05) is 26.2 Å². The van der Waals surface area contributed by atoms with Crippen LogP contribution < -0.4 is 5.32 Å². The number of halogens is 3. The molecule has 1 aromatic carbocycles. The number of piperazine rings is 1. The van der Waals surface area contributed by atoms with Gasteiger partial charge >= 0.3 is 6.18 Å². The number of rotatable bonds is 5. The fourth-order valence-corrected chi connectivity index (χ4v) is 2.97. The minimum Gasteiger partial charge on any atom is -0.314 e. The van der Waals surface area contributed by atoms with Gasteiger partial charge in [-0.1, -0.05) is 26.0 Å². The van der Waals surface area contributed by atoms with E-state index in [9.17, 15) is 13.2 Å². The largest absolute Gasteiger partial charge is 0.416 e. The summed E-state index contributed by atoms with van der Waals surface area (Å²) in [6.45, 7) is 7.88. The highest BCUT2D eigenvalue weighted by atomic mass is 19.4. The van der Waals surface area contributed by atoms with Gasteiger partial charge in [-0.2, -0.15) is 13.2 Å². The van der Waals surface area contributed by atoms with Crippen LogP contribution in [-0.4, -0.2) is 31.1 Å². The van der Waals surface area contributed by atoms with Gasteiger partial charge in [0.1, 0.15) is 0 Å². The maximum Gasteiger partial charge on any atom is 0.416 e. The first-order chi connectivity index (χ1) is 10.4. The molecule has 1 aliphatic rings. The maximum absolute atomic E-state index is 13.0. The van der Waals surface area contributed by atoms with E-state index in [-0.39, 0.29) is 6.04 Å². The summed E-state index contributed by atoms with van der Waals surface area (Å²) >= 11 is 0. The molecule has 1 saturated heterocycles. The molecular formula is C17H25F3N2. The van der Waals surface area contributed by atoms with Gasteiger partial charge in [0.25, 0.3) is 0 Å². The lowest BCUT2D eigenvalue weighted by atomic mass is 9.94. The molecule has 0 bridgehead atoms. The minimum absolute atomic E-state index is 0.0757. The van der Waals surface area contributed by atoms with Crippen molar-refractivity contribution in [1.82, 2.24) is 10.2 Å². The second-order valence-corrected chi connectivity index (χ2v) is 6.40. The molecule has 0 radical (unpaired) electrons. The smallest absolute Gasteiger partial charge is 0.314 e. The summed E-state index contributed by atoms with van der Waals surface area (Å²) in [5, 5.41) is 3.30. The highest BCUT2D eigenvalue weighted by Crippen LogP contribution is 2.34. The number of hydrogen-bond donors (Lipinski definition) is 1. The van der Waals surface area contributed by atoms with Crippen molar-refractivity contribution in [1.29, 1.82) is 0 Å². The highest BCUT2D eigenvalue weighted by molar-refractivity contribution is 5.28. The van der Waals surface area contributed by atoms with Crippen LogP contribution in [0.15, 0.2) is 24.3 Å². The summed E-state index contributed by atoms with van der Waals surface area (Å²) < 4.78 is 38.9. The first-order valence-corrected chi connectivity index (χ1v) is 8.00. The highest BCUT2D eigenvalue weighted by Gasteiger charge is 2.31. The number of benzene rings is 1. The number of nitrogens with one attached hydrogen (secondary N) is 1. The molecule has 22 heavy (non-hydrogen) atoms. The van der Waals surface area contributed by atoms with Gasteiger partial charge in [0.05, 0.1) is 5.56 Å². The van der Waals surface area contributed by atoms with Crippen LogP contribution in [0.2, 0.25) is 0 Å². The number of alkyl halides is 3. The Balaban J connectivity index is 2.23. The Labute approximate surface area is 130 Å². The second-order valence-electron chi connectivity index (χ2n) is 6.40. The molecule has 1 atom stereocenters. The average molecular weight is 314 g/mol. The Morgan fingerprint density at radius 1 is 1.14 bits per heavy atom. The first kappa shape index (κ1) is 17.3. The van der Waals surface area contributed by atoms with Crippen LogP contribution in [-0.2, 0) is 6.18 Å². The van der Waals surface area contributed by atoms with Crippen molar-refractivity contribution < 1.29 is 13.2 Å². The van der Waals surface area contributed by atoms with Crippen molar-refractivity contribution in [2.45, 2.75) is 38.9 Å². The number of nitrogens with zero attached hydrogens (tertiary/aromatic N) is 1. The Morgan fingerprint density at radius 2 is 1.82 bits per heavy atom. The molecule has 1 fully saturated rings. The summed E-state index contributed by atoms with van der Waals surface area (Å²) in [6.07, 6.45) is -2.36. The topological polar surface area (TPSA) is 15.3 Å². The Kier molecular flexibility index (Phi) is 5.87. The zero-order chi connectivity index (χ0) is 16.2. The van der Waals surface area contributed by atoms with Gasteiger partial charge in [0.15, 0.2) is 0 Å². The molecule has 124 valence electrons. The van der Waals surface area contributed by atoms with E-state index >= 15 is 0 Å². The van der Waals surface area contributed by atoms with Gasteiger partial charge in [0, 0.05) is 32.2 Å². The van der Waals surface area contributed by atoms with Crippen molar-refractivity contribution in [3.8, 4) is 0 Å². The third-order valence-corrected chi connectivity index (χ3v) is 4.21. The zero-order valence-corrected chi connectivity index (χ0v) is 13.3. The summed E-state index contributed by atoms with van der Waals surface area (Å²) in [7, 11) is 0. The molecule has 2 nitrogen and oxygen atoms in total. The molecule has 0 spiro atoms. The molecule has 5 heteroatoms. The van der Waals surface area contributed by atoms with Crippen LogP contribution in [0, 0.1) is 5.92 Å². The van der Waals surface area contributed by atoms with E-state index in [4.69, 9.17) is 0 Å². The van der Waals surface area contributed by atoms with E-state index < -0.39 is 11.7 Å². The van der Waals surface area contributed by atoms with Crippen LogP contribution in [0.3, 0.4) is 0 Å². The maximum atomic E-state index is 13.0. The Morgan fingerprint density at radius 3 is 2.41 bits per heavy atom. The van der Waals surface area contributed by atoms with Crippen LogP contribution in [0.5, 0.6) is 0 Å². The molecule has 1 N–H and O–H groups in total. The fraction of sp³-hybridized carbons (Fsp3) is 0.647. The molecule has 0 unspecified atom stereocenters. The number of hydrogen-bond acceptors (Lipinski definition) is 2. The van der Waals surface area contributed by atoms with Gasteiger partial charge in [-0.15, -0.1) is 0 Å². The fourth-order valence-electron chi connectivity index (χ4n) is 2.97.